The summed E-state index contributed by atoms with van der Waals surface area (Å²) in [5.41, 5.74) is 2.37. The van der Waals surface area contributed by atoms with Crippen LogP contribution in [0.15, 0.2) is 54.9 Å². The molecule has 0 unspecified atom stereocenters. The van der Waals surface area contributed by atoms with Crippen LogP contribution < -0.4 is 5.32 Å². The number of likely N-dealkylation sites (tertiary alicyclic amines) is 1. The van der Waals surface area contributed by atoms with Crippen molar-refractivity contribution >= 4 is 6.03 Å². The van der Waals surface area contributed by atoms with Gasteiger partial charge in [0, 0.05) is 45.6 Å². The van der Waals surface area contributed by atoms with E-state index in [1.165, 1.54) is 5.56 Å². The molecule has 25 heavy (non-hydrogen) atoms. The second-order valence-electron chi connectivity index (χ2n) is 6.78. The smallest absolute Gasteiger partial charge is 0.317 e. The normalized spacial score (nSPS) is 17.4. The van der Waals surface area contributed by atoms with Crippen LogP contribution in [0.3, 0.4) is 0 Å². The van der Waals surface area contributed by atoms with Crippen LogP contribution in [0.5, 0.6) is 0 Å². The van der Waals surface area contributed by atoms with E-state index in [1.54, 1.807) is 17.3 Å². The van der Waals surface area contributed by atoms with Gasteiger partial charge in [0.2, 0.25) is 0 Å². The van der Waals surface area contributed by atoms with Crippen molar-refractivity contribution < 1.29 is 4.79 Å². The molecule has 1 saturated heterocycles. The molecule has 1 aromatic carbocycles. The van der Waals surface area contributed by atoms with Gasteiger partial charge < -0.3 is 10.2 Å². The van der Waals surface area contributed by atoms with Gasteiger partial charge in [-0.3, -0.25) is 9.88 Å². The Balaban J connectivity index is 1.40. The van der Waals surface area contributed by atoms with Gasteiger partial charge in [-0.25, -0.2) is 4.79 Å². The number of benzene rings is 1. The van der Waals surface area contributed by atoms with E-state index in [-0.39, 0.29) is 6.03 Å². The Labute approximate surface area is 149 Å². The average Bonchev–Trinajstić information content (AvgIpc) is 3.08. The van der Waals surface area contributed by atoms with Crippen LogP contribution in [0.25, 0.3) is 0 Å². The predicted molar refractivity (Wildman–Crippen MR) is 98.9 cm³/mol. The van der Waals surface area contributed by atoms with Gasteiger partial charge in [-0.2, -0.15) is 0 Å². The van der Waals surface area contributed by atoms with Gasteiger partial charge in [0.1, 0.15) is 0 Å². The molecular weight excluding hydrogens is 312 g/mol. The molecule has 5 heteroatoms. The second kappa shape index (κ2) is 8.62. The van der Waals surface area contributed by atoms with Crippen molar-refractivity contribution in [1.29, 1.82) is 0 Å². The molecule has 3 rings (SSSR count). The largest absolute Gasteiger partial charge is 0.334 e. The number of rotatable bonds is 6. The van der Waals surface area contributed by atoms with Gasteiger partial charge in [-0.15, -0.1) is 0 Å². The molecule has 0 saturated carbocycles. The number of urea groups is 1. The molecule has 1 aliphatic heterocycles. The molecule has 1 fully saturated rings. The molecule has 5 nitrogen and oxygen atoms in total. The Kier molecular flexibility index (Phi) is 6.01. The van der Waals surface area contributed by atoms with Gasteiger partial charge in [-0.1, -0.05) is 36.4 Å². The lowest BCUT2D eigenvalue weighted by atomic mass is 10.1. The van der Waals surface area contributed by atoms with E-state index in [0.29, 0.717) is 12.5 Å². The lowest BCUT2D eigenvalue weighted by molar-refractivity contribution is 0.199. The quantitative estimate of drug-likeness (QED) is 0.881. The first-order chi connectivity index (χ1) is 12.2. The summed E-state index contributed by atoms with van der Waals surface area (Å²) in [4.78, 5) is 20.6. The van der Waals surface area contributed by atoms with E-state index in [9.17, 15) is 4.79 Å². The number of nitrogens with one attached hydrogen (secondary N) is 1. The molecule has 1 aliphatic rings. The van der Waals surface area contributed by atoms with Gasteiger partial charge in [0.15, 0.2) is 0 Å². The molecule has 0 aliphatic carbocycles. The van der Waals surface area contributed by atoms with Crippen LogP contribution in [0, 0.1) is 5.92 Å². The molecular formula is C20H26N4O. The van der Waals surface area contributed by atoms with E-state index in [1.807, 2.05) is 19.2 Å². The fourth-order valence-electron chi connectivity index (χ4n) is 3.33. The number of pyridine rings is 1. The molecule has 0 spiro atoms. The average molecular weight is 338 g/mol. The van der Waals surface area contributed by atoms with Crippen LogP contribution in [-0.2, 0) is 13.1 Å². The highest BCUT2D eigenvalue weighted by Crippen LogP contribution is 2.19. The third-order valence-electron chi connectivity index (χ3n) is 4.66. The first-order valence-corrected chi connectivity index (χ1v) is 8.85. The second-order valence-corrected chi connectivity index (χ2v) is 6.78. The zero-order valence-electron chi connectivity index (χ0n) is 14.8. The van der Waals surface area contributed by atoms with Crippen molar-refractivity contribution in [2.24, 2.45) is 5.92 Å². The van der Waals surface area contributed by atoms with E-state index in [0.717, 1.165) is 38.2 Å². The van der Waals surface area contributed by atoms with E-state index < -0.39 is 0 Å². The maximum atomic E-state index is 12.3. The first-order valence-electron chi connectivity index (χ1n) is 8.85. The maximum Gasteiger partial charge on any atom is 0.317 e. The van der Waals surface area contributed by atoms with Crippen molar-refractivity contribution in [3.05, 3.63) is 66.0 Å². The lowest BCUT2D eigenvalue weighted by Crippen LogP contribution is -2.40. The van der Waals surface area contributed by atoms with Crippen molar-refractivity contribution in [1.82, 2.24) is 20.1 Å². The summed E-state index contributed by atoms with van der Waals surface area (Å²) in [5.74, 6) is 0.540. The minimum Gasteiger partial charge on any atom is -0.334 e. The third-order valence-corrected chi connectivity index (χ3v) is 4.66. The topological polar surface area (TPSA) is 48.5 Å². The first kappa shape index (κ1) is 17.4. The van der Waals surface area contributed by atoms with Crippen molar-refractivity contribution in [2.45, 2.75) is 19.5 Å². The van der Waals surface area contributed by atoms with Crippen LogP contribution in [0.2, 0.25) is 0 Å². The molecule has 0 radical (unpaired) electrons. The number of hydrogen-bond acceptors (Lipinski definition) is 3. The number of carbonyl (C=O) groups excluding carboxylic acids is 1. The molecule has 0 bridgehead atoms. The predicted octanol–water partition coefficient (Wildman–Crippen LogP) is 2.75. The monoisotopic (exact) mass is 338 g/mol. The minimum absolute atomic E-state index is 0.0228. The summed E-state index contributed by atoms with van der Waals surface area (Å²) < 4.78 is 0. The maximum absolute atomic E-state index is 12.3. The van der Waals surface area contributed by atoms with Crippen molar-refractivity contribution in [3.63, 3.8) is 0 Å². The highest BCUT2D eigenvalue weighted by molar-refractivity contribution is 5.73. The zero-order valence-corrected chi connectivity index (χ0v) is 14.8. The van der Waals surface area contributed by atoms with E-state index in [2.05, 4.69) is 45.5 Å². The van der Waals surface area contributed by atoms with Crippen LogP contribution in [0.1, 0.15) is 17.5 Å². The molecule has 1 aromatic heterocycles. The summed E-state index contributed by atoms with van der Waals surface area (Å²) in [6.45, 7) is 4.46. The highest BCUT2D eigenvalue weighted by Gasteiger charge is 2.24. The summed E-state index contributed by atoms with van der Waals surface area (Å²) in [6, 6.07) is 14.4. The fourth-order valence-corrected chi connectivity index (χ4v) is 3.33. The standard InChI is InChI=1S/C20H26N4O/c1-23(20(25)22-13-18-8-5-10-21-12-18)14-19-9-11-24(16-19)15-17-6-3-2-4-7-17/h2-8,10,12,19H,9,11,13-16H2,1H3,(H,22,25)/t19-/m1/s1. The number of aromatic nitrogens is 1. The van der Waals surface area contributed by atoms with Gasteiger partial charge in [-0.05, 0) is 36.1 Å². The van der Waals surface area contributed by atoms with Crippen LogP contribution >= 0.6 is 0 Å². The zero-order chi connectivity index (χ0) is 17.5. The minimum atomic E-state index is -0.0228. The summed E-state index contributed by atoms with van der Waals surface area (Å²) in [5, 5.41) is 2.96. The molecule has 2 aromatic rings. The molecule has 1 atom stereocenters. The Morgan fingerprint density at radius 3 is 2.80 bits per heavy atom. The lowest BCUT2D eigenvalue weighted by Gasteiger charge is -2.22. The fraction of sp³-hybridized carbons (Fsp3) is 0.400. The highest BCUT2D eigenvalue weighted by atomic mass is 16.2. The number of nitrogens with zero attached hydrogens (tertiary/aromatic N) is 3. The molecule has 2 heterocycles. The summed E-state index contributed by atoms with van der Waals surface area (Å²) in [6.07, 6.45) is 4.66. The molecule has 2 amide bonds. The number of carbonyl (C=O) groups is 1. The Bertz CT molecular complexity index is 662. The molecule has 1 N–H and O–H groups in total. The third kappa shape index (κ3) is 5.29. The SMILES string of the molecule is CN(C[C@H]1CCN(Cc2ccccc2)C1)C(=O)NCc1cccnc1. The summed E-state index contributed by atoms with van der Waals surface area (Å²) in [7, 11) is 1.87. The van der Waals surface area contributed by atoms with Gasteiger partial charge in [0.25, 0.3) is 0 Å². The van der Waals surface area contributed by atoms with Gasteiger partial charge in [0.05, 0.1) is 0 Å². The summed E-state index contributed by atoms with van der Waals surface area (Å²) >= 11 is 0. The van der Waals surface area contributed by atoms with Crippen LogP contribution in [-0.4, -0.2) is 47.5 Å². The Morgan fingerprint density at radius 1 is 1.24 bits per heavy atom. The number of hydrogen-bond donors (Lipinski definition) is 1. The van der Waals surface area contributed by atoms with E-state index >= 15 is 0 Å². The molecule has 132 valence electrons. The Morgan fingerprint density at radius 2 is 2.04 bits per heavy atom. The van der Waals surface area contributed by atoms with Crippen LogP contribution in [0.4, 0.5) is 4.79 Å². The Hall–Kier alpha value is -2.40. The van der Waals surface area contributed by atoms with Crippen molar-refractivity contribution in [3.8, 4) is 0 Å². The van der Waals surface area contributed by atoms with Crippen molar-refractivity contribution in [2.75, 3.05) is 26.7 Å². The van der Waals surface area contributed by atoms with E-state index in [4.69, 9.17) is 0 Å². The number of amides is 2. The van der Waals surface area contributed by atoms with Gasteiger partial charge >= 0.3 is 6.03 Å².